The molecule has 1 amide bonds. The lowest BCUT2D eigenvalue weighted by molar-refractivity contribution is -0.110. The number of aryl methyl sites for hydroxylation is 1. The second-order valence-electron chi connectivity index (χ2n) is 6.87. The van der Waals surface area contributed by atoms with Crippen LogP contribution in [0.4, 0.5) is 21.5 Å². The molecular formula is C21H22FN3O3. The van der Waals surface area contributed by atoms with E-state index in [0.29, 0.717) is 36.7 Å². The SMILES string of the molecule is Cc1cccc2c1C(=CNc1ccc(N(C)CC3OCCO3)c(F)c1)C(=O)N2. The predicted octanol–water partition coefficient (Wildman–Crippen LogP) is 3.35. The summed E-state index contributed by atoms with van der Waals surface area (Å²) in [6, 6.07) is 10.6. The standard InChI is InChI=1S/C21H22FN3O3/c1-13-4-3-5-17-20(13)15(21(26)24-17)11-23-14-6-7-18(16(22)10-14)25(2)12-19-27-8-9-28-19/h3-7,10-11,19,23H,8-9,12H2,1-2H3,(H,24,26). The number of likely N-dealkylation sites (N-methyl/N-ethyl adjacent to an activating group) is 1. The number of anilines is 3. The first-order valence-electron chi connectivity index (χ1n) is 9.15. The summed E-state index contributed by atoms with van der Waals surface area (Å²) in [5, 5.41) is 5.88. The van der Waals surface area contributed by atoms with E-state index in [2.05, 4.69) is 10.6 Å². The molecule has 2 N–H and O–H groups in total. The minimum atomic E-state index is -0.364. The van der Waals surface area contributed by atoms with Crippen LogP contribution in [-0.2, 0) is 14.3 Å². The topological polar surface area (TPSA) is 62.8 Å². The molecular weight excluding hydrogens is 361 g/mol. The van der Waals surface area contributed by atoms with Gasteiger partial charge in [-0.15, -0.1) is 0 Å². The molecule has 0 aliphatic carbocycles. The summed E-state index contributed by atoms with van der Waals surface area (Å²) < 4.78 is 25.4. The van der Waals surface area contributed by atoms with Crippen LogP contribution in [0.25, 0.3) is 5.57 Å². The molecule has 6 nitrogen and oxygen atoms in total. The van der Waals surface area contributed by atoms with E-state index in [1.807, 2.05) is 25.1 Å². The number of fused-ring (bicyclic) bond motifs is 1. The van der Waals surface area contributed by atoms with E-state index in [4.69, 9.17) is 9.47 Å². The Morgan fingerprint density at radius 1 is 1.29 bits per heavy atom. The summed E-state index contributed by atoms with van der Waals surface area (Å²) in [5.41, 5.74) is 4.21. The molecule has 0 spiro atoms. The van der Waals surface area contributed by atoms with E-state index in [0.717, 1.165) is 16.8 Å². The van der Waals surface area contributed by atoms with Crippen molar-refractivity contribution in [1.82, 2.24) is 0 Å². The van der Waals surface area contributed by atoms with E-state index in [1.54, 1.807) is 30.3 Å². The second kappa shape index (κ2) is 7.61. The Labute approximate surface area is 162 Å². The number of nitrogens with one attached hydrogen (secondary N) is 2. The lowest BCUT2D eigenvalue weighted by Crippen LogP contribution is -2.30. The largest absolute Gasteiger partial charge is 0.367 e. The van der Waals surface area contributed by atoms with E-state index >= 15 is 0 Å². The maximum Gasteiger partial charge on any atom is 0.257 e. The molecule has 28 heavy (non-hydrogen) atoms. The molecule has 1 saturated heterocycles. The van der Waals surface area contributed by atoms with Crippen LogP contribution in [0.15, 0.2) is 42.6 Å². The summed E-state index contributed by atoms with van der Waals surface area (Å²) in [7, 11) is 1.79. The lowest BCUT2D eigenvalue weighted by Gasteiger charge is -2.23. The van der Waals surface area contributed by atoms with Crippen molar-refractivity contribution in [3.8, 4) is 0 Å². The Bertz CT molecular complexity index is 938. The van der Waals surface area contributed by atoms with Gasteiger partial charge < -0.3 is 25.0 Å². The van der Waals surface area contributed by atoms with Crippen molar-refractivity contribution >= 4 is 28.5 Å². The minimum absolute atomic E-state index is 0.176. The number of benzene rings is 2. The maximum atomic E-state index is 14.6. The molecule has 0 atom stereocenters. The van der Waals surface area contributed by atoms with E-state index in [9.17, 15) is 9.18 Å². The Morgan fingerprint density at radius 3 is 2.82 bits per heavy atom. The Kier molecular flexibility index (Phi) is 5.02. The molecule has 0 saturated carbocycles. The molecule has 4 rings (SSSR count). The summed E-state index contributed by atoms with van der Waals surface area (Å²) in [5.74, 6) is -0.540. The molecule has 2 aromatic rings. The average molecular weight is 383 g/mol. The van der Waals surface area contributed by atoms with Crippen molar-refractivity contribution < 1.29 is 18.7 Å². The van der Waals surface area contributed by atoms with Gasteiger partial charge >= 0.3 is 0 Å². The van der Waals surface area contributed by atoms with Gasteiger partial charge in [-0.05, 0) is 36.8 Å². The van der Waals surface area contributed by atoms with Crippen molar-refractivity contribution in [2.24, 2.45) is 0 Å². The molecule has 7 heteroatoms. The van der Waals surface area contributed by atoms with Crippen LogP contribution in [0.2, 0.25) is 0 Å². The van der Waals surface area contributed by atoms with Gasteiger partial charge in [0.1, 0.15) is 5.82 Å². The summed E-state index contributed by atoms with van der Waals surface area (Å²) >= 11 is 0. The van der Waals surface area contributed by atoms with Gasteiger partial charge in [-0.25, -0.2) is 4.39 Å². The first kappa shape index (κ1) is 18.5. The van der Waals surface area contributed by atoms with Gasteiger partial charge in [0.25, 0.3) is 5.91 Å². The number of hydrogen-bond acceptors (Lipinski definition) is 5. The van der Waals surface area contributed by atoms with Crippen LogP contribution in [0.1, 0.15) is 11.1 Å². The smallest absolute Gasteiger partial charge is 0.257 e. The van der Waals surface area contributed by atoms with E-state index < -0.39 is 0 Å². The zero-order valence-corrected chi connectivity index (χ0v) is 15.8. The van der Waals surface area contributed by atoms with Crippen molar-refractivity contribution in [3.05, 3.63) is 59.5 Å². The molecule has 1 fully saturated rings. The van der Waals surface area contributed by atoms with Crippen LogP contribution >= 0.6 is 0 Å². The zero-order valence-electron chi connectivity index (χ0n) is 15.8. The quantitative estimate of drug-likeness (QED) is 0.776. The van der Waals surface area contributed by atoms with Gasteiger partial charge in [-0.1, -0.05) is 12.1 Å². The summed E-state index contributed by atoms with van der Waals surface area (Å²) in [6.45, 7) is 3.53. The van der Waals surface area contributed by atoms with Crippen LogP contribution in [0, 0.1) is 12.7 Å². The third-order valence-corrected chi connectivity index (χ3v) is 4.89. The Morgan fingerprint density at radius 2 is 2.07 bits per heavy atom. The number of halogens is 1. The molecule has 0 aromatic heterocycles. The fraction of sp³-hybridized carbons (Fsp3) is 0.286. The number of rotatable bonds is 5. The van der Waals surface area contributed by atoms with E-state index in [-0.39, 0.29) is 18.0 Å². The second-order valence-corrected chi connectivity index (χ2v) is 6.87. The molecule has 0 radical (unpaired) electrons. The van der Waals surface area contributed by atoms with Crippen molar-refractivity contribution in [3.63, 3.8) is 0 Å². The third kappa shape index (κ3) is 3.58. The van der Waals surface area contributed by atoms with Crippen LogP contribution in [0.3, 0.4) is 0 Å². The van der Waals surface area contributed by atoms with Crippen LogP contribution in [0.5, 0.6) is 0 Å². The van der Waals surface area contributed by atoms with Crippen molar-refractivity contribution in [2.45, 2.75) is 13.2 Å². The third-order valence-electron chi connectivity index (χ3n) is 4.89. The zero-order chi connectivity index (χ0) is 19.7. The minimum Gasteiger partial charge on any atom is -0.367 e. The summed E-state index contributed by atoms with van der Waals surface area (Å²) in [4.78, 5) is 14.0. The van der Waals surface area contributed by atoms with Gasteiger partial charge in [0.2, 0.25) is 0 Å². The number of nitrogens with zero attached hydrogens (tertiary/aromatic N) is 1. The molecule has 2 aromatic carbocycles. The predicted molar refractivity (Wildman–Crippen MR) is 107 cm³/mol. The highest BCUT2D eigenvalue weighted by molar-refractivity contribution is 6.32. The van der Waals surface area contributed by atoms with Crippen molar-refractivity contribution in [1.29, 1.82) is 0 Å². The fourth-order valence-electron chi connectivity index (χ4n) is 3.47. The van der Waals surface area contributed by atoms with Gasteiger partial charge in [0, 0.05) is 30.2 Å². The monoisotopic (exact) mass is 383 g/mol. The molecule has 2 aliphatic heterocycles. The molecule has 0 unspecified atom stereocenters. The molecule has 2 aliphatic rings. The highest BCUT2D eigenvalue weighted by Gasteiger charge is 2.25. The maximum absolute atomic E-state index is 14.6. The number of ether oxygens (including phenoxy) is 2. The van der Waals surface area contributed by atoms with Crippen LogP contribution < -0.4 is 15.5 Å². The Hall–Kier alpha value is -2.90. The van der Waals surface area contributed by atoms with Crippen molar-refractivity contribution in [2.75, 3.05) is 42.3 Å². The number of amides is 1. The lowest BCUT2D eigenvalue weighted by atomic mass is 10.0. The number of carbonyl (C=O) groups is 1. The van der Waals surface area contributed by atoms with Gasteiger partial charge in [-0.3, -0.25) is 4.79 Å². The Balaban J connectivity index is 1.50. The average Bonchev–Trinajstić information content (AvgIpc) is 3.27. The highest BCUT2D eigenvalue weighted by Crippen LogP contribution is 2.34. The molecule has 0 bridgehead atoms. The van der Waals surface area contributed by atoms with Crippen LogP contribution in [-0.4, -0.2) is 39.0 Å². The normalized spacial score (nSPS) is 17.7. The highest BCUT2D eigenvalue weighted by atomic mass is 19.1. The van der Waals surface area contributed by atoms with E-state index in [1.165, 1.54) is 6.07 Å². The summed E-state index contributed by atoms with van der Waals surface area (Å²) in [6.07, 6.45) is 1.28. The van der Waals surface area contributed by atoms with Gasteiger partial charge in [-0.2, -0.15) is 0 Å². The first-order chi connectivity index (χ1) is 13.5. The number of hydrogen-bond donors (Lipinski definition) is 2. The number of carbonyl (C=O) groups excluding carboxylic acids is 1. The van der Waals surface area contributed by atoms with Gasteiger partial charge in [0.15, 0.2) is 6.29 Å². The first-order valence-corrected chi connectivity index (χ1v) is 9.15. The fourth-order valence-corrected chi connectivity index (χ4v) is 3.47. The molecule has 2 heterocycles. The molecule has 146 valence electrons. The van der Waals surface area contributed by atoms with Gasteiger partial charge in [0.05, 0.1) is 31.0 Å².